The molecule has 4 aromatic rings. The lowest BCUT2D eigenvalue weighted by atomic mass is 10.1. The highest BCUT2D eigenvalue weighted by Crippen LogP contribution is 2.31. The van der Waals surface area contributed by atoms with E-state index in [2.05, 4.69) is 34.7 Å². The largest absolute Gasteiger partial charge is 0.335 e. The highest BCUT2D eigenvalue weighted by atomic mass is 35.5. The first kappa shape index (κ1) is 15.9. The Bertz CT molecular complexity index is 1130. The Morgan fingerprint density at radius 2 is 1.88 bits per heavy atom. The predicted molar refractivity (Wildman–Crippen MR) is 103 cm³/mol. The summed E-state index contributed by atoms with van der Waals surface area (Å²) in [5, 5.41) is 2.91. The molecule has 0 saturated heterocycles. The van der Waals surface area contributed by atoms with E-state index in [0.717, 1.165) is 32.4 Å². The van der Waals surface area contributed by atoms with Crippen LogP contribution in [0.15, 0.2) is 54.7 Å². The van der Waals surface area contributed by atoms with Crippen LogP contribution in [-0.4, -0.2) is 15.3 Å². The van der Waals surface area contributed by atoms with Crippen LogP contribution < -0.4 is 0 Å². The van der Waals surface area contributed by atoms with Gasteiger partial charge in [-0.2, -0.15) is 0 Å². The second-order valence-electron chi connectivity index (χ2n) is 6.34. The third kappa shape index (κ3) is 2.71. The molecule has 2 aromatic carbocycles. The van der Waals surface area contributed by atoms with Crippen LogP contribution in [0, 0.1) is 6.92 Å². The van der Waals surface area contributed by atoms with Gasteiger partial charge in [-0.25, -0.2) is 0 Å². The fourth-order valence-corrected chi connectivity index (χ4v) is 3.48. The van der Waals surface area contributed by atoms with Gasteiger partial charge < -0.3 is 4.57 Å². The van der Waals surface area contributed by atoms with Gasteiger partial charge in [-0.3, -0.25) is 9.78 Å². The maximum Gasteiger partial charge on any atom is 0.178 e. The zero-order valence-electron chi connectivity index (χ0n) is 14.1. The first-order valence-corrected chi connectivity index (χ1v) is 8.55. The highest BCUT2D eigenvalue weighted by Gasteiger charge is 2.14. The zero-order chi connectivity index (χ0) is 17.6. The van der Waals surface area contributed by atoms with E-state index < -0.39 is 0 Å². The molecule has 0 saturated carbocycles. The Kier molecular flexibility index (Phi) is 3.81. The number of benzene rings is 2. The van der Waals surface area contributed by atoms with E-state index in [9.17, 15) is 4.79 Å². The van der Waals surface area contributed by atoms with E-state index in [1.54, 1.807) is 13.1 Å². The van der Waals surface area contributed by atoms with Gasteiger partial charge >= 0.3 is 0 Å². The molecule has 0 aliphatic heterocycles. The average molecular weight is 349 g/mol. The molecule has 0 bridgehead atoms. The molecule has 0 aliphatic rings. The average Bonchev–Trinajstić information content (AvgIpc) is 2.92. The summed E-state index contributed by atoms with van der Waals surface area (Å²) in [6.45, 7) is 4.26. The number of nitrogens with zero attached hydrogens (tertiary/aromatic N) is 2. The number of carbonyl (C=O) groups is 1. The molecule has 4 heteroatoms. The Balaban J connectivity index is 1.98. The molecule has 4 rings (SSSR count). The summed E-state index contributed by atoms with van der Waals surface area (Å²) in [5.74, 6) is -0.0274. The lowest BCUT2D eigenvalue weighted by Gasteiger charge is -2.10. The number of aromatic nitrogens is 2. The minimum atomic E-state index is -0.0274. The zero-order valence-corrected chi connectivity index (χ0v) is 14.8. The summed E-state index contributed by atoms with van der Waals surface area (Å²) >= 11 is 6.41. The van der Waals surface area contributed by atoms with Crippen LogP contribution in [-0.2, 0) is 6.54 Å². The number of pyridine rings is 1. The molecule has 0 unspecified atom stereocenters. The number of fused-ring (bicyclic) bond motifs is 3. The third-order valence-corrected chi connectivity index (χ3v) is 4.92. The molecule has 25 heavy (non-hydrogen) atoms. The molecule has 3 nitrogen and oxygen atoms in total. The lowest BCUT2D eigenvalue weighted by molar-refractivity contribution is 0.101. The molecule has 2 aromatic heterocycles. The predicted octanol–water partition coefficient (Wildman–Crippen LogP) is 5.40. The van der Waals surface area contributed by atoms with E-state index in [4.69, 9.17) is 11.6 Å². The van der Waals surface area contributed by atoms with Crippen molar-refractivity contribution < 1.29 is 4.79 Å². The lowest BCUT2D eigenvalue weighted by Crippen LogP contribution is -2.02. The van der Waals surface area contributed by atoms with Gasteiger partial charge in [0.25, 0.3) is 0 Å². The number of hydrogen-bond donors (Lipinski definition) is 0. The van der Waals surface area contributed by atoms with Crippen LogP contribution in [0.4, 0.5) is 0 Å². The van der Waals surface area contributed by atoms with Crippen LogP contribution in [0.2, 0.25) is 5.02 Å². The fourth-order valence-electron chi connectivity index (χ4n) is 3.30. The Morgan fingerprint density at radius 3 is 2.68 bits per heavy atom. The smallest absolute Gasteiger partial charge is 0.178 e. The van der Waals surface area contributed by atoms with Gasteiger partial charge in [-0.15, -0.1) is 0 Å². The van der Waals surface area contributed by atoms with Crippen molar-refractivity contribution in [1.29, 1.82) is 0 Å². The number of rotatable bonds is 3. The Labute approximate surface area is 150 Å². The van der Waals surface area contributed by atoms with Gasteiger partial charge in [0.1, 0.15) is 5.69 Å². The van der Waals surface area contributed by atoms with Crippen molar-refractivity contribution in [3.8, 4) is 0 Å². The summed E-state index contributed by atoms with van der Waals surface area (Å²) < 4.78 is 2.21. The number of ketones is 1. The first-order chi connectivity index (χ1) is 12.0. The van der Waals surface area contributed by atoms with Gasteiger partial charge in [0, 0.05) is 34.8 Å². The van der Waals surface area contributed by atoms with Gasteiger partial charge in [0.05, 0.1) is 11.7 Å². The van der Waals surface area contributed by atoms with E-state index in [1.165, 1.54) is 5.56 Å². The Morgan fingerprint density at radius 1 is 1.08 bits per heavy atom. The fraction of sp³-hybridized carbons (Fsp3) is 0.143. The van der Waals surface area contributed by atoms with Crippen molar-refractivity contribution in [3.63, 3.8) is 0 Å². The van der Waals surface area contributed by atoms with E-state index >= 15 is 0 Å². The van der Waals surface area contributed by atoms with Crippen molar-refractivity contribution in [1.82, 2.24) is 9.55 Å². The monoisotopic (exact) mass is 348 g/mol. The summed E-state index contributed by atoms with van der Waals surface area (Å²) in [6.07, 6.45) is 1.79. The molecule has 0 spiro atoms. The van der Waals surface area contributed by atoms with Crippen molar-refractivity contribution in [2.45, 2.75) is 20.4 Å². The van der Waals surface area contributed by atoms with Gasteiger partial charge in [-0.05, 0) is 30.7 Å². The summed E-state index contributed by atoms with van der Waals surface area (Å²) in [7, 11) is 0. The van der Waals surface area contributed by atoms with Gasteiger partial charge in [0.2, 0.25) is 0 Å². The molecule has 0 radical (unpaired) electrons. The normalized spacial score (nSPS) is 11.3. The van der Waals surface area contributed by atoms with E-state index in [-0.39, 0.29) is 5.78 Å². The number of Topliss-reactive ketones (excluding diaryl/α,β-unsaturated/α-hetero) is 1. The summed E-state index contributed by atoms with van der Waals surface area (Å²) in [6, 6.07) is 16.1. The molecule has 0 fully saturated rings. The maximum absolute atomic E-state index is 11.7. The van der Waals surface area contributed by atoms with Crippen molar-refractivity contribution in [3.05, 3.63) is 76.6 Å². The standard InChI is InChI=1S/C21H17ClN2O/c1-13-7-8-18(22)15(9-13)12-24-20-6-4-3-5-16(20)17-10-19(14(2)25)23-11-21(17)24/h3-11H,12H2,1-2H3. The van der Waals surface area contributed by atoms with Crippen molar-refractivity contribution in [2.24, 2.45) is 0 Å². The van der Waals surface area contributed by atoms with E-state index in [1.807, 2.05) is 30.3 Å². The molecule has 124 valence electrons. The van der Waals surface area contributed by atoms with Crippen molar-refractivity contribution >= 4 is 39.2 Å². The number of aryl methyl sites for hydroxylation is 1. The van der Waals surface area contributed by atoms with Crippen LogP contribution in [0.1, 0.15) is 28.5 Å². The van der Waals surface area contributed by atoms with Crippen LogP contribution in [0.25, 0.3) is 21.8 Å². The van der Waals surface area contributed by atoms with Crippen LogP contribution in [0.5, 0.6) is 0 Å². The van der Waals surface area contributed by atoms with Gasteiger partial charge in [0.15, 0.2) is 5.78 Å². The van der Waals surface area contributed by atoms with Gasteiger partial charge in [-0.1, -0.05) is 47.5 Å². The molecule has 2 heterocycles. The molecular weight excluding hydrogens is 332 g/mol. The first-order valence-electron chi connectivity index (χ1n) is 8.17. The maximum atomic E-state index is 11.7. The SMILES string of the molecule is CC(=O)c1cc2c3ccccc3n(Cc3cc(C)ccc3Cl)c2cn1. The molecule has 0 amide bonds. The Hall–Kier alpha value is -2.65. The summed E-state index contributed by atoms with van der Waals surface area (Å²) in [5.41, 5.74) is 4.85. The quantitative estimate of drug-likeness (QED) is 0.464. The van der Waals surface area contributed by atoms with E-state index in [0.29, 0.717) is 12.2 Å². The molecule has 0 N–H and O–H groups in total. The summed E-state index contributed by atoms with van der Waals surface area (Å²) in [4.78, 5) is 16.1. The molecule has 0 aliphatic carbocycles. The second kappa shape index (κ2) is 6.01. The number of hydrogen-bond acceptors (Lipinski definition) is 2. The second-order valence-corrected chi connectivity index (χ2v) is 6.75. The molecule has 0 atom stereocenters. The van der Waals surface area contributed by atoms with Crippen molar-refractivity contribution in [2.75, 3.05) is 0 Å². The third-order valence-electron chi connectivity index (χ3n) is 4.55. The number of halogens is 1. The topological polar surface area (TPSA) is 34.9 Å². The highest BCUT2D eigenvalue weighted by molar-refractivity contribution is 6.31. The number of carbonyl (C=O) groups excluding carboxylic acids is 1. The number of para-hydroxylation sites is 1. The minimum absolute atomic E-state index is 0.0274. The van der Waals surface area contributed by atoms with Crippen LogP contribution >= 0.6 is 11.6 Å². The molecular formula is C21H17ClN2O. The van der Waals surface area contributed by atoms with Crippen LogP contribution in [0.3, 0.4) is 0 Å². The minimum Gasteiger partial charge on any atom is -0.335 e.